The van der Waals surface area contributed by atoms with E-state index in [1.54, 1.807) is 24.3 Å². The summed E-state index contributed by atoms with van der Waals surface area (Å²) >= 11 is 0. The highest BCUT2D eigenvalue weighted by Gasteiger charge is 2.37. The van der Waals surface area contributed by atoms with E-state index in [-0.39, 0.29) is 18.2 Å². The smallest absolute Gasteiger partial charge is 0.356 e. The van der Waals surface area contributed by atoms with Gasteiger partial charge in [0.1, 0.15) is 5.69 Å². The number of aromatic nitrogens is 1. The van der Waals surface area contributed by atoms with Gasteiger partial charge < -0.3 is 9.84 Å². The molecule has 27 heavy (non-hydrogen) atoms. The lowest BCUT2D eigenvalue weighted by Gasteiger charge is -2.14. The average molecular weight is 388 g/mol. The summed E-state index contributed by atoms with van der Waals surface area (Å²) in [6.07, 6.45) is -10.4. The third-order valence-electron chi connectivity index (χ3n) is 3.65. The van der Waals surface area contributed by atoms with E-state index >= 15 is 0 Å². The van der Waals surface area contributed by atoms with Crippen LogP contribution in [-0.4, -0.2) is 11.1 Å². The maximum absolute atomic E-state index is 12.9. The summed E-state index contributed by atoms with van der Waals surface area (Å²) in [7, 11) is 0. The predicted molar refractivity (Wildman–Crippen MR) is 82.8 cm³/mol. The largest absolute Gasteiger partial charge is 0.416 e. The second-order valence-corrected chi connectivity index (χ2v) is 5.64. The van der Waals surface area contributed by atoms with E-state index in [9.17, 15) is 31.1 Å². The lowest BCUT2D eigenvalue weighted by molar-refractivity contribution is -0.143. The Morgan fingerprint density at radius 1 is 0.963 bits per heavy atom. The van der Waals surface area contributed by atoms with E-state index in [4.69, 9.17) is 4.52 Å². The standard InChI is InChI=1S/C17H10F6N2O2/c18-16(19,20)9-5-10(17(21,22)23)7-11(6-9)24-15(26)8-13-12-3-1-2-4-14(12)27-25-13/h1-7H,8H2,(H,24,26). The number of anilines is 1. The Hall–Kier alpha value is -3.04. The molecule has 2 aromatic carbocycles. The van der Waals surface area contributed by atoms with E-state index in [1.165, 1.54) is 0 Å². The van der Waals surface area contributed by atoms with Crippen LogP contribution >= 0.6 is 0 Å². The topological polar surface area (TPSA) is 55.1 Å². The summed E-state index contributed by atoms with van der Waals surface area (Å²) in [5, 5.41) is 6.26. The van der Waals surface area contributed by atoms with Gasteiger partial charge >= 0.3 is 12.4 Å². The zero-order chi connectivity index (χ0) is 19.8. The number of benzene rings is 2. The number of alkyl halides is 6. The number of hydrogen-bond donors (Lipinski definition) is 1. The summed E-state index contributed by atoms with van der Waals surface area (Å²) in [5.74, 6) is -0.832. The normalized spacial score (nSPS) is 12.4. The number of hydrogen-bond acceptors (Lipinski definition) is 3. The van der Waals surface area contributed by atoms with Gasteiger partial charge in [0.25, 0.3) is 0 Å². The third-order valence-corrected chi connectivity index (χ3v) is 3.65. The van der Waals surface area contributed by atoms with Crippen molar-refractivity contribution < 1.29 is 35.7 Å². The number of para-hydroxylation sites is 1. The Morgan fingerprint density at radius 3 is 2.15 bits per heavy atom. The van der Waals surface area contributed by atoms with Crippen LogP contribution in [0.2, 0.25) is 0 Å². The van der Waals surface area contributed by atoms with Crippen molar-refractivity contribution in [2.75, 3.05) is 5.32 Å². The first kappa shape index (κ1) is 18.7. The van der Waals surface area contributed by atoms with Crippen LogP contribution in [0.3, 0.4) is 0 Å². The van der Waals surface area contributed by atoms with Gasteiger partial charge in [0, 0.05) is 11.1 Å². The molecule has 0 saturated carbocycles. The number of carbonyl (C=O) groups is 1. The third kappa shape index (κ3) is 4.21. The van der Waals surface area contributed by atoms with Gasteiger partial charge in [0.15, 0.2) is 5.58 Å². The molecule has 1 N–H and O–H groups in total. The van der Waals surface area contributed by atoms with Crippen molar-refractivity contribution in [2.24, 2.45) is 0 Å². The van der Waals surface area contributed by atoms with Gasteiger partial charge in [-0.05, 0) is 30.3 Å². The SMILES string of the molecule is O=C(Cc1noc2ccccc12)Nc1cc(C(F)(F)F)cc(C(F)(F)F)c1. The maximum Gasteiger partial charge on any atom is 0.416 e. The highest BCUT2D eigenvalue weighted by atomic mass is 19.4. The van der Waals surface area contributed by atoms with E-state index in [2.05, 4.69) is 5.16 Å². The summed E-state index contributed by atoms with van der Waals surface area (Å²) in [4.78, 5) is 12.1. The van der Waals surface area contributed by atoms with Crippen molar-refractivity contribution in [3.63, 3.8) is 0 Å². The van der Waals surface area contributed by atoms with E-state index in [1.807, 2.05) is 5.32 Å². The van der Waals surface area contributed by atoms with Crippen molar-refractivity contribution in [2.45, 2.75) is 18.8 Å². The molecule has 0 atom stereocenters. The number of rotatable bonds is 3. The van der Waals surface area contributed by atoms with Crippen LogP contribution in [0.1, 0.15) is 16.8 Å². The van der Waals surface area contributed by atoms with Crippen LogP contribution in [-0.2, 0) is 23.6 Å². The fraction of sp³-hybridized carbons (Fsp3) is 0.176. The minimum absolute atomic E-state index is 0.0131. The molecule has 4 nitrogen and oxygen atoms in total. The van der Waals surface area contributed by atoms with Crippen LogP contribution in [0, 0.1) is 0 Å². The maximum atomic E-state index is 12.9. The minimum atomic E-state index is -5.00. The number of amides is 1. The number of nitrogens with zero attached hydrogens (tertiary/aromatic N) is 1. The summed E-state index contributed by atoms with van der Waals surface area (Å²) in [6, 6.07) is 7.44. The van der Waals surface area contributed by atoms with Crippen molar-refractivity contribution in [1.29, 1.82) is 0 Å². The first-order valence-corrected chi connectivity index (χ1v) is 7.46. The molecule has 0 unspecified atom stereocenters. The zero-order valence-corrected chi connectivity index (χ0v) is 13.3. The molecule has 142 valence electrons. The second kappa shape index (κ2) is 6.60. The molecule has 1 heterocycles. The molecule has 3 aromatic rings. The molecule has 0 aliphatic carbocycles. The fourth-order valence-electron chi connectivity index (χ4n) is 2.45. The first-order valence-electron chi connectivity index (χ1n) is 7.46. The Balaban J connectivity index is 1.86. The molecule has 0 aliphatic heterocycles. The molecule has 0 radical (unpaired) electrons. The Kier molecular flexibility index (Phi) is 4.58. The van der Waals surface area contributed by atoms with Crippen molar-refractivity contribution in [3.8, 4) is 0 Å². The molecule has 1 aromatic heterocycles. The lowest BCUT2D eigenvalue weighted by Crippen LogP contribution is -2.17. The van der Waals surface area contributed by atoms with Crippen molar-refractivity contribution in [3.05, 3.63) is 59.3 Å². The van der Waals surface area contributed by atoms with E-state index in [0.29, 0.717) is 23.1 Å². The molecule has 0 fully saturated rings. The van der Waals surface area contributed by atoms with Gasteiger partial charge in [-0.15, -0.1) is 0 Å². The predicted octanol–water partition coefficient (Wildman–Crippen LogP) is 5.05. The quantitative estimate of drug-likeness (QED) is 0.639. The molecule has 3 rings (SSSR count). The fourth-order valence-corrected chi connectivity index (χ4v) is 2.45. The number of nitrogens with one attached hydrogen (secondary N) is 1. The first-order chi connectivity index (χ1) is 12.5. The number of halogens is 6. The monoisotopic (exact) mass is 388 g/mol. The van der Waals surface area contributed by atoms with Gasteiger partial charge in [-0.2, -0.15) is 26.3 Å². The highest BCUT2D eigenvalue weighted by molar-refractivity contribution is 5.94. The molecule has 0 aliphatic rings. The summed E-state index contributed by atoms with van der Waals surface area (Å²) in [5.41, 5.74) is -3.03. The van der Waals surface area contributed by atoms with Crippen molar-refractivity contribution >= 4 is 22.6 Å². The molecular weight excluding hydrogens is 378 g/mol. The van der Waals surface area contributed by atoms with Crippen LogP contribution in [0.25, 0.3) is 11.0 Å². The minimum Gasteiger partial charge on any atom is -0.356 e. The molecule has 0 saturated heterocycles. The van der Waals surface area contributed by atoms with Gasteiger partial charge in [-0.1, -0.05) is 17.3 Å². The van der Waals surface area contributed by atoms with Gasteiger partial charge in [-0.25, -0.2) is 0 Å². The lowest BCUT2D eigenvalue weighted by atomic mass is 10.1. The molecule has 0 bridgehead atoms. The summed E-state index contributed by atoms with van der Waals surface area (Å²) < 4.78 is 82.1. The van der Waals surface area contributed by atoms with Crippen LogP contribution in [0.5, 0.6) is 0 Å². The van der Waals surface area contributed by atoms with Gasteiger partial charge in [0.2, 0.25) is 5.91 Å². The van der Waals surface area contributed by atoms with E-state index in [0.717, 1.165) is 0 Å². The average Bonchev–Trinajstić information content (AvgIpc) is 2.96. The van der Waals surface area contributed by atoms with Crippen LogP contribution in [0.4, 0.5) is 32.0 Å². The van der Waals surface area contributed by atoms with Crippen molar-refractivity contribution in [1.82, 2.24) is 5.16 Å². The molecule has 1 amide bonds. The number of carbonyl (C=O) groups excluding carboxylic acids is 1. The van der Waals surface area contributed by atoms with Crippen LogP contribution in [0.15, 0.2) is 47.0 Å². The zero-order valence-electron chi connectivity index (χ0n) is 13.3. The Bertz CT molecular complexity index is 959. The molecular formula is C17H10F6N2O2. The van der Waals surface area contributed by atoms with E-state index < -0.39 is 35.1 Å². The second-order valence-electron chi connectivity index (χ2n) is 5.64. The molecule has 0 spiro atoms. The Morgan fingerprint density at radius 2 is 1.56 bits per heavy atom. The Labute approximate surface area is 147 Å². The highest BCUT2D eigenvalue weighted by Crippen LogP contribution is 2.37. The number of fused-ring (bicyclic) bond motifs is 1. The summed E-state index contributed by atoms with van der Waals surface area (Å²) in [6.45, 7) is 0. The van der Waals surface area contributed by atoms with Gasteiger partial charge in [-0.3, -0.25) is 4.79 Å². The van der Waals surface area contributed by atoms with Gasteiger partial charge in [0.05, 0.1) is 17.5 Å². The van der Waals surface area contributed by atoms with Crippen LogP contribution < -0.4 is 5.32 Å². The molecule has 10 heteroatoms.